The Morgan fingerprint density at radius 3 is 2.55 bits per heavy atom. The van der Waals surface area contributed by atoms with E-state index in [9.17, 15) is 5.11 Å². The molecule has 2 N–H and O–H groups in total. The number of hydrogen-bond acceptors (Lipinski definition) is 3. The van der Waals surface area contributed by atoms with Gasteiger partial charge in [-0.3, -0.25) is 4.99 Å². The molecule has 0 bridgehead atoms. The van der Waals surface area contributed by atoms with E-state index in [2.05, 4.69) is 10.3 Å². The zero-order valence-electron chi connectivity index (χ0n) is 12.2. The van der Waals surface area contributed by atoms with Gasteiger partial charge >= 0.3 is 0 Å². The zero-order chi connectivity index (χ0) is 15.2. The van der Waals surface area contributed by atoms with Gasteiger partial charge in [-0.1, -0.05) is 48.5 Å². The van der Waals surface area contributed by atoms with Crippen molar-refractivity contribution in [2.45, 2.75) is 0 Å². The van der Waals surface area contributed by atoms with Gasteiger partial charge in [0.25, 0.3) is 0 Å². The number of para-hydroxylation sites is 1. The molecule has 0 aliphatic heterocycles. The third kappa shape index (κ3) is 3.26. The highest BCUT2D eigenvalue weighted by Gasteiger charge is 2.03. The van der Waals surface area contributed by atoms with Crippen LogP contribution in [0.25, 0.3) is 10.8 Å². The first-order valence-corrected chi connectivity index (χ1v) is 7.34. The molecule has 0 saturated heterocycles. The molecule has 0 spiro atoms. The third-order valence-corrected chi connectivity index (χ3v) is 3.51. The Hall–Kier alpha value is -2.81. The second-order valence-corrected chi connectivity index (χ2v) is 5.05. The highest BCUT2D eigenvalue weighted by atomic mass is 16.3. The smallest absolute Gasteiger partial charge is 0.124 e. The third-order valence-electron chi connectivity index (χ3n) is 3.51. The zero-order valence-corrected chi connectivity index (χ0v) is 12.2. The number of fused-ring (bicyclic) bond motifs is 1. The fraction of sp³-hybridized carbons (Fsp3) is 0.105. The molecular weight excluding hydrogens is 272 g/mol. The molecule has 0 aliphatic carbocycles. The molecule has 22 heavy (non-hydrogen) atoms. The predicted octanol–water partition coefficient (Wildman–Crippen LogP) is 4.08. The van der Waals surface area contributed by atoms with Gasteiger partial charge in [-0.2, -0.15) is 0 Å². The first-order valence-electron chi connectivity index (χ1n) is 7.34. The Morgan fingerprint density at radius 1 is 0.909 bits per heavy atom. The van der Waals surface area contributed by atoms with Crippen LogP contribution in [0.4, 0.5) is 5.69 Å². The van der Waals surface area contributed by atoms with Crippen LogP contribution in [-0.2, 0) is 0 Å². The number of phenolic OH excluding ortho intramolecular Hbond substituents is 1. The van der Waals surface area contributed by atoms with Crippen molar-refractivity contribution in [1.82, 2.24) is 0 Å². The van der Waals surface area contributed by atoms with Gasteiger partial charge in [0, 0.05) is 24.0 Å². The number of aromatic hydroxyl groups is 1. The molecule has 3 rings (SSSR count). The molecule has 0 aromatic heterocycles. The number of hydrogen-bond donors (Lipinski definition) is 2. The van der Waals surface area contributed by atoms with Gasteiger partial charge in [0.15, 0.2) is 0 Å². The van der Waals surface area contributed by atoms with Crippen LogP contribution in [-0.4, -0.2) is 24.4 Å². The SMILES string of the molecule is Oc1ccc2ccccc2c1C=NCCNc1ccccc1. The lowest BCUT2D eigenvalue weighted by molar-refractivity contribution is 0.475. The fourth-order valence-corrected chi connectivity index (χ4v) is 2.40. The maximum atomic E-state index is 10.0. The van der Waals surface area contributed by atoms with Crippen molar-refractivity contribution in [2.24, 2.45) is 4.99 Å². The van der Waals surface area contributed by atoms with E-state index < -0.39 is 0 Å². The normalized spacial score (nSPS) is 11.1. The van der Waals surface area contributed by atoms with E-state index in [1.165, 1.54) is 0 Å². The van der Waals surface area contributed by atoms with Crippen molar-refractivity contribution in [3.05, 3.63) is 72.3 Å². The van der Waals surface area contributed by atoms with E-state index in [4.69, 9.17) is 0 Å². The highest BCUT2D eigenvalue weighted by Crippen LogP contribution is 2.25. The second kappa shape index (κ2) is 6.76. The van der Waals surface area contributed by atoms with Crippen molar-refractivity contribution in [1.29, 1.82) is 0 Å². The van der Waals surface area contributed by atoms with E-state index in [1.54, 1.807) is 12.3 Å². The molecule has 0 fully saturated rings. The van der Waals surface area contributed by atoms with E-state index >= 15 is 0 Å². The summed E-state index contributed by atoms with van der Waals surface area (Å²) in [5.41, 5.74) is 1.86. The fourth-order valence-electron chi connectivity index (χ4n) is 2.40. The number of aliphatic imine (C=N–C) groups is 1. The molecule has 3 nitrogen and oxygen atoms in total. The Balaban J connectivity index is 1.67. The lowest BCUT2D eigenvalue weighted by Crippen LogP contribution is -2.04. The molecule has 0 heterocycles. The highest BCUT2D eigenvalue weighted by molar-refractivity contribution is 6.02. The quantitative estimate of drug-likeness (QED) is 0.549. The van der Waals surface area contributed by atoms with Gasteiger partial charge in [0.2, 0.25) is 0 Å². The van der Waals surface area contributed by atoms with Crippen molar-refractivity contribution in [3.8, 4) is 5.75 Å². The maximum Gasteiger partial charge on any atom is 0.124 e. The molecule has 3 heteroatoms. The van der Waals surface area contributed by atoms with Gasteiger partial charge in [-0.15, -0.1) is 0 Å². The minimum atomic E-state index is 0.262. The lowest BCUT2D eigenvalue weighted by atomic mass is 10.0. The summed E-state index contributed by atoms with van der Waals surface area (Å²) in [6.07, 6.45) is 1.75. The summed E-state index contributed by atoms with van der Waals surface area (Å²) < 4.78 is 0. The van der Waals surface area contributed by atoms with E-state index in [0.29, 0.717) is 6.54 Å². The number of phenols is 1. The van der Waals surface area contributed by atoms with Crippen LogP contribution in [0.1, 0.15) is 5.56 Å². The van der Waals surface area contributed by atoms with Crippen LogP contribution in [0.2, 0.25) is 0 Å². The van der Waals surface area contributed by atoms with Crippen LogP contribution in [0, 0.1) is 0 Å². The minimum Gasteiger partial charge on any atom is -0.507 e. The Kier molecular flexibility index (Phi) is 4.35. The molecular formula is C19H18N2O. The topological polar surface area (TPSA) is 44.6 Å². The number of nitrogens with zero attached hydrogens (tertiary/aromatic N) is 1. The number of rotatable bonds is 5. The molecule has 110 valence electrons. The predicted molar refractivity (Wildman–Crippen MR) is 93.0 cm³/mol. The van der Waals surface area contributed by atoms with Crippen LogP contribution in [0.15, 0.2) is 71.7 Å². The van der Waals surface area contributed by atoms with Gasteiger partial charge in [0.05, 0.1) is 6.54 Å². The standard InChI is InChI=1S/C19H18N2O/c22-19-11-10-15-6-4-5-9-17(15)18(19)14-20-12-13-21-16-7-2-1-3-8-16/h1-11,14,21-22H,12-13H2. The Morgan fingerprint density at radius 2 is 1.68 bits per heavy atom. The molecule has 3 aromatic rings. The van der Waals surface area contributed by atoms with E-state index in [-0.39, 0.29) is 5.75 Å². The summed E-state index contributed by atoms with van der Waals surface area (Å²) in [7, 11) is 0. The first kappa shape index (κ1) is 14.1. The molecule has 3 aromatic carbocycles. The molecule has 0 aliphatic rings. The maximum absolute atomic E-state index is 10.0. The number of anilines is 1. The van der Waals surface area contributed by atoms with Crippen molar-refractivity contribution in [2.75, 3.05) is 18.4 Å². The van der Waals surface area contributed by atoms with Crippen LogP contribution in [0.3, 0.4) is 0 Å². The number of benzene rings is 3. The van der Waals surface area contributed by atoms with Gasteiger partial charge < -0.3 is 10.4 Å². The first-order chi connectivity index (χ1) is 10.8. The summed E-state index contributed by atoms with van der Waals surface area (Å²) in [4.78, 5) is 4.42. The van der Waals surface area contributed by atoms with Crippen LogP contribution < -0.4 is 5.32 Å². The summed E-state index contributed by atoms with van der Waals surface area (Å²) in [5, 5.41) is 15.5. The van der Waals surface area contributed by atoms with Crippen molar-refractivity contribution >= 4 is 22.7 Å². The summed E-state index contributed by atoms with van der Waals surface area (Å²) >= 11 is 0. The summed E-state index contributed by atoms with van der Waals surface area (Å²) in [5.74, 6) is 0.262. The van der Waals surface area contributed by atoms with E-state index in [0.717, 1.165) is 28.6 Å². The molecule has 0 unspecified atom stereocenters. The van der Waals surface area contributed by atoms with E-state index in [1.807, 2.05) is 60.7 Å². The monoisotopic (exact) mass is 290 g/mol. The van der Waals surface area contributed by atoms with Crippen molar-refractivity contribution in [3.63, 3.8) is 0 Å². The summed E-state index contributed by atoms with van der Waals surface area (Å²) in [6.45, 7) is 1.41. The van der Waals surface area contributed by atoms with Crippen molar-refractivity contribution < 1.29 is 5.11 Å². The molecule has 0 saturated carbocycles. The lowest BCUT2D eigenvalue weighted by Gasteiger charge is -2.05. The average molecular weight is 290 g/mol. The number of nitrogens with one attached hydrogen (secondary N) is 1. The van der Waals surface area contributed by atoms with Crippen LogP contribution in [0.5, 0.6) is 5.75 Å². The van der Waals surface area contributed by atoms with Gasteiger partial charge in [0.1, 0.15) is 5.75 Å². The Labute approximate surface area is 130 Å². The molecule has 0 radical (unpaired) electrons. The van der Waals surface area contributed by atoms with Gasteiger partial charge in [-0.05, 0) is 29.0 Å². The summed E-state index contributed by atoms with van der Waals surface area (Å²) in [6, 6.07) is 21.7. The van der Waals surface area contributed by atoms with Crippen LogP contribution >= 0.6 is 0 Å². The molecule has 0 amide bonds. The largest absolute Gasteiger partial charge is 0.507 e. The minimum absolute atomic E-state index is 0.262. The van der Waals surface area contributed by atoms with Gasteiger partial charge in [-0.25, -0.2) is 0 Å². The molecule has 0 atom stereocenters. The average Bonchev–Trinajstić information content (AvgIpc) is 2.57. The Bertz CT molecular complexity index is 782. The second-order valence-electron chi connectivity index (χ2n) is 5.05.